The summed E-state index contributed by atoms with van der Waals surface area (Å²) < 4.78 is 0.883. The van der Waals surface area contributed by atoms with Gasteiger partial charge in [-0.05, 0) is 49.0 Å². The molecule has 3 aromatic carbocycles. The van der Waals surface area contributed by atoms with Gasteiger partial charge < -0.3 is 10.3 Å². The van der Waals surface area contributed by atoms with Crippen molar-refractivity contribution in [3.63, 3.8) is 0 Å². The number of carbonyl (C=O) groups excluding carboxylic acids is 2. The highest BCUT2D eigenvalue weighted by Gasteiger charge is 2.74. The number of hydrogen-bond donors (Lipinski definition) is 2. The molecule has 1 aromatic heterocycles. The van der Waals surface area contributed by atoms with Gasteiger partial charge >= 0.3 is 0 Å². The predicted molar refractivity (Wildman–Crippen MR) is 142 cm³/mol. The number of anilines is 1. The van der Waals surface area contributed by atoms with Crippen molar-refractivity contribution in [2.45, 2.75) is 11.5 Å². The van der Waals surface area contributed by atoms with E-state index in [0.29, 0.717) is 33.8 Å². The minimum atomic E-state index is -1.78. The normalized spacial score (nSPS) is 25.2. The number of rotatable bonds is 3. The SMILES string of the molecule is CN1C[C@@H](c2ccc(Br)cc2)[C@](C#N)(C(=O)c2c[nH]c3ccccc23)C12C(=O)Nc1ccc(Cl)cc12. The maximum atomic E-state index is 14.8. The number of ketones is 1. The molecule has 8 heteroatoms. The summed E-state index contributed by atoms with van der Waals surface area (Å²) in [5.41, 5.74) is -0.285. The molecule has 0 radical (unpaired) electrons. The zero-order valence-electron chi connectivity index (χ0n) is 19.2. The zero-order valence-corrected chi connectivity index (χ0v) is 21.5. The van der Waals surface area contributed by atoms with Crippen LogP contribution in [0.3, 0.4) is 0 Å². The van der Waals surface area contributed by atoms with Crippen LogP contribution in [-0.2, 0) is 10.3 Å². The standard InChI is InChI=1S/C28H20BrClN4O2/c1-34-14-22(16-6-8-17(29)9-7-16)27(15-31,25(35)20-13-32-23-5-3-2-4-19(20)23)28(34)21-12-18(30)10-11-24(21)33-26(28)36/h2-13,22,32H,14H2,1H3,(H,33,36)/t22-,27+,28?/m0/s1. The molecule has 1 amide bonds. The number of aromatic nitrogens is 1. The molecule has 36 heavy (non-hydrogen) atoms. The van der Waals surface area contributed by atoms with Crippen LogP contribution in [0.1, 0.15) is 27.4 Å². The monoisotopic (exact) mass is 558 g/mol. The summed E-state index contributed by atoms with van der Waals surface area (Å²) in [6.45, 7) is 0.322. The number of nitrogens with one attached hydrogen (secondary N) is 2. The largest absolute Gasteiger partial charge is 0.360 e. The van der Waals surface area contributed by atoms with Gasteiger partial charge in [-0.3, -0.25) is 14.5 Å². The maximum Gasteiger partial charge on any atom is 0.251 e. The van der Waals surface area contributed by atoms with E-state index in [2.05, 4.69) is 32.3 Å². The van der Waals surface area contributed by atoms with Crippen molar-refractivity contribution in [1.29, 1.82) is 5.26 Å². The van der Waals surface area contributed by atoms with E-state index in [-0.39, 0.29) is 0 Å². The number of carbonyl (C=O) groups is 2. The number of amides is 1. The van der Waals surface area contributed by atoms with Crippen molar-refractivity contribution in [2.24, 2.45) is 5.41 Å². The number of nitriles is 1. The molecule has 1 spiro atoms. The van der Waals surface area contributed by atoms with E-state index in [1.165, 1.54) is 0 Å². The summed E-state index contributed by atoms with van der Waals surface area (Å²) >= 11 is 9.88. The first-order valence-corrected chi connectivity index (χ1v) is 12.6. The number of Topliss-reactive ketones (excluding diaryl/α,β-unsaturated/α-hetero) is 1. The second-order valence-electron chi connectivity index (χ2n) is 9.34. The molecule has 1 fully saturated rings. The lowest BCUT2D eigenvalue weighted by Gasteiger charge is -2.41. The summed E-state index contributed by atoms with van der Waals surface area (Å²) in [4.78, 5) is 33.8. The molecular formula is C28H20BrClN4O2. The molecule has 0 bridgehead atoms. The number of hydrogen-bond acceptors (Lipinski definition) is 4. The maximum absolute atomic E-state index is 14.8. The number of benzene rings is 3. The third kappa shape index (κ3) is 2.81. The minimum absolute atomic E-state index is 0.322. The van der Waals surface area contributed by atoms with Gasteiger partial charge in [-0.15, -0.1) is 0 Å². The Labute approximate surface area is 221 Å². The van der Waals surface area contributed by atoms with Crippen molar-refractivity contribution >= 4 is 55.8 Å². The molecule has 6 rings (SSSR count). The Hall–Kier alpha value is -3.44. The molecular weight excluding hydrogens is 540 g/mol. The summed E-state index contributed by atoms with van der Waals surface area (Å²) in [5, 5.41) is 15.1. The smallest absolute Gasteiger partial charge is 0.251 e. The van der Waals surface area contributed by atoms with Crippen molar-refractivity contribution in [2.75, 3.05) is 18.9 Å². The Morgan fingerprint density at radius 1 is 1.17 bits per heavy atom. The van der Waals surface area contributed by atoms with Crippen molar-refractivity contribution in [1.82, 2.24) is 9.88 Å². The van der Waals surface area contributed by atoms with E-state index in [1.54, 1.807) is 31.4 Å². The minimum Gasteiger partial charge on any atom is -0.360 e. The van der Waals surface area contributed by atoms with Crippen molar-refractivity contribution < 1.29 is 9.59 Å². The fourth-order valence-corrected chi connectivity index (χ4v) is 6.62. The van der Waals surface area contributed by atoms with Gasteiger partial charge in [-0.1, -0.05) is 57.9 Å². The van der Waals surface area contributed by atoms with Gasteiger partial charge in [0, 0.05) is 55.9 Å². The molecule has 6 nitrogen and oxygen atoms in total. The molecule has 2 N–H and O–H groups in total. The Morgan fingerprint density at radius 3 is 2.67 bits per heavy atom. The average Bonchev–Trinajstić information content (AvgIpc) is 3.52. The first-order valence-electron chi connectivity index (χ1n) is 11.4. The lowest BCUT2D eigenvalue weighted by Crippen LogP contribution is -2.58. The third-order valence-electron chi connectivity index (χ3n) is 7.71. The molecule has 2 aliphatic heterocycles. The molecule has 3 atom stereocenters. The number of fused-ring (bicyclic) bond motifs is 3. The van der Waals surface area contributed by atoms with Crippen LogP contribution in [0.15, 0.2) is 77.4 Å². The van der Waals surface area contributed by atoms with Crippen LogP contribution in [0.2, 0.25) is 5.02 Å². The molecule has 4 aromatic rings. The quantitative estimate of drug-likeness (QED) is 0.308. The molecule has 1 saturated heterocycles. The van der Waals surface area contributed by atoms with E-state index in [4.69, 9.17) is 11.6 Å². The molecule has 2 aliphatic rings. The van der Waals surface area contributed by atoms with E-state index < -0.39 is 28.6 Å². The van der Waals surface area contributed by atoms with Gasteiger partial charge in [0.2, 0.25) is 0 Å². The van der Waals surface area contributed by atoms with Crippen LogP contribution >= 0.6 is 27.5 Å². The van der Waals surface area contributed by atoms with E-state index in [1.807, 2.05) is 53.4 Å². The van der Waals surface area contributed by atoms with Gasteiger partial charge in [0.05, 0.1) is 6.07 Å². The number of likely N-dealkylation sites (tertiary alicyclic amines) is 1. The summed E-state index contributed by atoms with van der Waals surface area (Å²) in [7, 11) is 1.79. The van der Waals surface area contributed by atoms with Crippen molar-refractivity contribution in [3.05, 3.63) is 99.1 Å². The highest BCUT2D eigenvalue weighted by Crippen LogP contribution is 2.63. The van der Waals surface area contributed by atoms with Crippen LogP contribution in [0.4, 0.5) is 5.69 Å². The Balaban J connectivity index is 1.69. The second-order valence-corrected chi connectivity index (χ2v) is 10.7. The molecule has 0 aliphatic carbocycles. The van der Waals surface area contributed by atoms with Crippen LogP contribution < -0.4 is 5.32 Å². The molecule has 3 heterocycles. The Kier molecular flexibility index (Phi) is 5.13. The van der Waals surface area contributed by atoms with Crippen LogP contribution in [0.25, 0.3) is 10.9 Å². The van der Waals surface area contributed by atoms with Gasteiger partial charge in [0.25, 0.3) is 5.91 Å². The Bertz CT molecular complexity index is 1610. The lowest BCUT2D eigenvalue weighted by atomic mass is 9.58. The van der Waals surface area contributed by atoms with Gasteiger partial charge in [0.1, 0.15) is 0 Å². The number of aromatic amines is 1. The van der Waals surface area contributed by atoms with Crippen LogP contribution in [0.5, 0.6) is 0 Å². The number of nitrogens with zero attached hydrogens (tertiary/aromatic N) is 2. The van der Waals surface area contributed by atoms with Gasteiger partial charge in [0.15, 0.2) is 16.7 Å². The topological polar surface area (TPSA) is 89.0 Å². The van der Waals surface area contributed by atoms with Gasteiger partial charge in [-0.25, -0.2) is 0 Å². The van der Waals surface area contributed by atoms with Crippen molar-refractivity contribution in [3.8, 4) is 6.07 Å². The highest BCUT2D eigenvalue weighted by atomic mass is 79.9. The first-order chi connectivity index (χ1) is 17.3. The molecule has 178 valence electrons. The Morgan fingerprint density at radius 2 is 1.92 bits per heavy atom. The van der Waals surface area contributed by atoms with Crippen LogP contribution in [-0.4, -0.2) is 35.2 Å². The summed E-state index contributed by atoms with van der Waals surface area (Å²) in [6, 6.07) is 22.6. The van der Waals surface area contributed by atoms with Crippen LogP contribution in [0, 0.1) is 16.7 Å². The molecule has 1 unspecified atom stereocenters. The fourth-order valence-electron chi connectivity index (χ4n) is 6.19. The zero-order chi connectivity index (χ0) is 25.2. The fraction of sp³-hybridized carbons (Fsp3) is 0.179. The average molecular weight is 560 g/mol. The number of H-pyrrole nitrogens is 1. The third-order valence-corrected chi connectivity index (χ3v) is 8.48. The van der Waals surface area contributed by atoms with E-state index in [0.717, 1.165) is 15.6 Å². The summed E-state index contributed by atoms with van der Waals surface area (Å²) in [6.07, 6.45) is 1.64. The highest BCUT2D eigenvalue weighted by molar-refractivity contribution is 9.10. The number of likely N-dealkylation sites (N-methyl/N-ethyl adjacent to an activating group) is 1. The predicted octanol–water partition coefficient (Wildman–Crippen LogP) is 5.85. The van der Waals surface area contributed by atoms with E-state index >= 15 is 0 Å². The van der Waals surface area contributed by atoms with Gasteiger partial charge in [-0.2, -0.15) is 5.26 Å². The second kappa shape index (κ2) is 8.04. The molecule has 0 saturated carbocycles. The van der Waals surface area contributed by atoms with E-state index in [9.17, 15) is 14.9 Å². The first kappa shape index (κ1) is 23.0. The number of para-hydroxylation sites is 1. The lowest BCUT2D eigenvalue weighted by molar-refractivity contribution is -0.128. The number of halogens is 2. The summed E-state index contributed by atoms with van der Waals surface area (Å²) in [5.74, 6) is -1.39.